The van der Waals surface area contributed by atoms with Crippen molar-refractivity contribution in [2.75, 3.05) is 0 Å². The summed E-state index contributed by atoms with van der Waals surface area (Å²) >= 11 is 0. The number of aromatic hydroxyl groups is 3. The number of hydrogen-bond acceptors (Lipinski definition) is 5. The molecule has 0 spiro atoms. The van der Waals surface area contributed by atoms with Crippen LogP contribution in [0.3, 0.4) is 0 Å². The minimum Gasteiger partial charge on any atom is -0.508 e. The molecule has 0 fully saturated rings. The summed E-state index contributed by atoms with van der Waals surface area (Å²) in [5.41, 5.74) is 1.67. The van der Waals surface area contributed by atoms with Crippen LogP contribution in [-0.2, 0) is 0 Å². The monoisotopic (exact) mass is 406 g/mol. The van der Waals surface area contributed by atoms with Crippen LogP contribution in [0.4, 0.5) is 0 Å². The molecule has 5 nitrogen and oxygen atoms in total. The summed E-state index contributed by atoms with van der Waals surface area (Å²) in [5, 5.41) is 30.0. The quantitative estimate of drug-likeness (QED) is 0.251. The molecule has 3 N–H and O–H groups in total. The minimum absolute atomic E-state index is 0.0218. The first-order valence-corrected chi connectivity index (χ1v) is 9.80. The first-order valence-electron chi connectivity index (χ1n) is 9.80. The van der Waals surface area contributed by atoms with Crippen molar-refractivity contribution >= 4 is 17.9 Å². The molecule has 0 bridgehead atoms. The number of ether oxygens (including phenoxy) is 1. The van der Waals surface area contributed by atoms with Crippen LogP contribution in [0.25, 0.3) is 12.2 Å². The molecular weight excluding hydrogens is 380 g/mol. The molecule has 0 aliphatic carbocycles. The van der Waals surface area contributed by atoms with Gasteiger partial charge in [-0.15, -0.1) is 0 Å². The topological polar surface area (TPSA) is 87.0 Å². The van der Waals surface area contributed by atoms with E-state index in [0.717, 1.165) is 12.8 Å². The van der Waals surface area contributed by atoms with Gasteiger partial charge in [-0.1, -0.05) is 11.6 Å². The van der Waals surface area contributed by atoms with Gasteiger partial charge in [-0.25, -0.2) is 0 Å². The summed E-state index contributed by atoms with van der Waals surface area (Å²) in [4.78, 5) is 12.6. The van der Waals surface area contributed by atoms with Crippen molar-refractivity contribution in [3.05, 3.63) is 70.8 Å². The SMILES string of the molecule is CC(C)=CCCC1(C)C=Cc2c(ccc(C(=O)C=Cc3cc(O)ccc3O)c2O)O1. The number of phenolic OH excluding ortho intramolecular Hbond substituents is 3. The first kappa shape index (κ1) is 21.2. The molecule has 1 unspecified atom stereocenters. The highest BCUT2D eigenvalue weighted by atomic mass is 16.5. The number of phenols is 3. The minimum atomic E-state index is -0.482. The second-order valence-corrected chi connectivity index (χ2v) is 7.88. The molecule has 30 heavy (non-hydrogen) atoms. The molecule has 2 aromatic rings. The van der Waals surface area contributed by atoms with Gasteiger partial charge in [0.05, 0.1) is 11.1 Å². The second kappa shape index (κ2) is 8.49. The molecule has 3 rings (SSSR count). The van der Waals surface area contributed by atoms with Gasteiger partial charge in [0.25, 0.3) is 0 Å². The Morgan fingerprint density at radius 1 is 1.13 bits per heavy atom. The van der Waals surface area contributed by atoms with Gasteiger partial charge in [0, 0.05) is 5.56 Å². The van der Waals surface area contributed by atoms with Crippen LogP contribution in [0.2, 0.25) is 0 Å². The predicted molar refractivity (Wildman–Crippen MR) is 118 cm³/mol. The number of hydrogen-bond donors (Lipinski definition) is 3. The van der Waals surface area contributed by atoms with Crippen molar-refractivity contribution < 1.29 is 24.9 Å². The van der Waals surface area contributed by atoms with E-state index in [0.29, 0.717) is 16.9 Å². The normalized spacial score (nSPS) is 17.4. The molecule has 1 aliphatic heterocycles. The molecular formula is C25H26O5. The fourth-order valence-electron chi connectivity index (χ4n) is 3.30. The Kier molecular flexibility index (Phi) is 6.01. The number of rotatable bonds is 6. The zero-order valence-electron chi connectivity index (χ0n) is 17.3. The van der Waals surface area contributed by atoms with Gasteiger partial charge in [0.2, 0.25) is 0 Å². The van der Waals surface area contributed by atoms with Crippen LogP contribution in [0.15, 0.2) is 54.1 Å². The van der Waals surface area contributed by atoms with E-state index in [9.17, 15) is 20.1 Å². The van der Waals surface area contributed by atoms with E-state index < -0.39 is 11.4 Å². The van der Waals surface area contributed by atoms with E-state index in [-0.39, 0.29) is 22.8 Å². The standard InChI is InChI=1S/C25H26O5/c1-16(2)5-4-13-25(3)14-12-20-23(30-25)11-8-19(24(20)29)22(28)9-6-17-15-18(26)7-10-21(17)27/h5-12,14-15,26-27,29H,4,13H2,1-3H3. The molecule has 0 amide bonds. The maximum absolute atomic E-state index is 12.6. The lowest BCUT2D eigenvalue weighted by Crippen LogP contribution is -2.31. The molecule has 0 saturated heterocycles. The summed E-state index contributed by atoms with van der Waals surface area (Å²) in [7, 11) is 0. The molecule has 1 atom stereocenters. The first-order chi connectivity index (χ1) is 14.2. The number of carbonyl (C=O) groups is 1. The van der Waals surface area contributed by atoms with Gasteiger partial charge in [0.1, 0.15) is 28.6 Å². The summed E-state index contributed by atoms with van der Waals surface area (Å²) in [6, 6.07) is 7.25. The number of fused-ring (bicyclic) bond motifs is 1. The Morgan fingerprint density at radius 2 is 1.90 bits per heavy atom. The van der Waals surface area contributed by atoms with E-state index >= 15 is 0 Å². The Bertz CT molecular complexity index is 1060. The van der Waals surface area contributed by atoms with Gasteiger partial charge >= 0.3 is 0 Å². The summed E-state index contributed by atoms with van der Waals surface area (Å²) in [6.07, 6.45) is 10.2. The molecule has 0 saturated carbocycles. The van der Waals surface area contributed by atoms with Crippen LogP contribution >= 0.6 is 0 Å². The largest absolute Gasteiger partial charge is 0.508 e. The average molecular weight is 406 g/mol. The molecule has 1 aliphatic rings. The van der Waals surface area contributed by atoms with E-state index in [1.807, 2.05) is 13.0 Å². The highest BCUT2D eigenvalue weighted by Gasteiger charge is 2.29. The van der Waals surface area contributed by atoms with Crippen molar-refractivity contribution in [2.45, 2.75) is 39.2 Å². The van der Waals surface area contributed by atoms with Crippen molar-refractivity contribution in [3.8, 4) is 23.0 Å². The van der Waals surface area contributed by atoms with Crippen molar-refractivity contribution in [1.82, 2.24) is 0 Å². The lowest BCUT2D eigenvalue weighted by molar-refractivity contribution is 0.104. The second-order valence-electron chi connectivity index (χ2n) is 7.88. The maximum atomic E-state index is 12.6. The van der Waals surface area contributed by atoms with Gasteiger partial charge < -0.3 is 20.1 Å². The fourth-order valence-corrected chi connectivity index (χ4v) is 3.30. The Labute approximate surface area is 176 Å². The third-order valence-corrected chi connectivity index (χ3v) is 5.01. The molecule has 156 valence electrons. The lowest BCUT2D eigenvalue weighted by Gasteiger charge is -2.32. The van der Waals surface area contributed by atoms with E-state index in [2.05, 4.69) is 19.9 Å². The van der Waals surface area contributed by atoms with E-state index in [4.69, 9.17) is 4.74 Å². The van der Waals surface area contributed by atoms with Gasteiger partial charge in [-0.05, 0) is 88.2 Å². The molecule has 0 radical (unpaired) electrons. The number of ketones is 1. The van der Waals surface area contributed by atoms with Crippen molar-refractivity contribution in [3.63, 3.8) is 0 Å². The fraction of sp³-hybridized carbons (Fsp3) is 0.240. The number of allylic oxidation sites excluding steroid dienone is 3. The molecule has 1 heterocycles. The summed E-state index contributed by atoms with van der Waals surface area (Å²) < 4.78 is 6.11. The summed E-state index contributed by atoms with van der Waals surface area (Å²) in [5.74, 6) is -0.129. The third-order valence-electron chi connectivity index (χ3n) is 5.01. The van der Waals surface area contributed by atoms with Crippen LogP contribution in [0, 0.1) is 0 Å². The number of carbonyl (C=O) groups excluding carboxylic acids is 1. The Morgan fingerprint density at radius 3 is 2.63 bits per heavy atom. The van der Waals surface area contributed by atoms with E-state index in [1.165, 1.54) is 42.0 Å². The van der Waals surface area contributed by atoms with Crippen LogP contribution in [0.1, 0.15) is 55.1 Å². The van der Waals surface area contributed by atoms with Crippen LogP contribution < -0.4 is 4.74 Å². The third kappa shape index (κ3) is 4.74. The predicted octanol–water partition coefficient (Wildman–Crippen LogP) is 5.61. The highest BCUT2D eigenvalue weighted by molar-refractivity contribution is 6.09. The molecule has 0 aromatic heterocycles. The van der Waals surface area contributed by atoms with Crippen molar-refractivity contribution in [2.24, 2.45) is 0 Å². The van der Waals surface area contributed by atoms with Crippen LogP contribution in [-0.4, -0.2) is 26.7 Å². The molecule has 2 aromatic carbocycles. The van der Waals surface area contributed by atoms with Crippen LogP contribution in [0.5, 0.6) is 23.0 Å². The Balaban J connectivity index is 1.81. The zero-order valence-corrected chi connectivity index (χ0v) is 17.3. The molecule has 5 heteroatoms. The average Bonchev–Trinajstić information content (AvgIpc) is 2.68. The van der Waals surface area contributed by atoms with E-state index in [1.54, 1.807) is 12.1 Å². The highest BCUT2D eigenvalue weighted by Crippen LogP contribution is 2.40. The number of benzene rings is 2. The lowest BCUT2D eigenvalue weighted by atomic mass is 9.93. The van der Waals surface area contributed by atoms with Gasteiger partial charge in [-0.2, -0.15) is 0 Å². The Hall–Kier alpha value is -3.47. The maximum Gasteiger partial charge on any atom is 0.189 e. The smallest absolute Gasteiger partial charge is 0.189 e. The van der Waals surface area contributed by atoms with Gasteiger partial charge in [0.15, 0.2) is 5.78 Å². The summed E-state index contributed by atoms with van der Waals surface area (Å²) in [6.45, 7) is 6.11. The zero-order chi connectivity index (χ0) is 21.9. The van der Waals surface area contributed by atoms with Gasteiger partial charge in [-0.3, -0.25) is 4.79 Å². The van der Waals surface area contributed by atoms with Crippen molar-refractivity contribution in [1.29, 1.82) is 0 Å².